The first-order chi connectivity index (χ1) is 8.36. The van der Waals surface area contributed by atoms with Gasteiger partial charge in [-0.2, -0.15) is 0 Å². The van der Waals surface area contributed by atoms with Crippen molar-refractivity contribution in [2.75, 3.05) is 13.7 Å². The lowest BCUT2D eigenvalue weighted by molar-refractivity contribution is 0.400. The topological polar surface area (TPSA) is 47.0 Å². The van der Waals surface area contributed by atoms with Crippen LogP contribution in [-0.2, 0) is 0 Å². The van der Waals surface area contributed by atoms with Crippen LogP contribution in [0.3, 0.4) is 0 Å². The lowest BCUT2D eigenvalue weighted by Crippen LogP contribution is -2.23. The summed E-state index contributed by atoms with van der Waals surface area (Å²) in [7, 11) is 1.66. The molecule has 90 valence electrons. The minimum absolute atomic E-state index is 0.0117. The SMILES string of the molecule is CCNC(c1cscn1)c1ncccc1OC. The number of pyridine rings is 1. The summed E-state index contributed by atoms with van der Waals surface area (Å²) in [4.78, 5) is 8.75. The maximum Gasteiger partial charge on any atom is 0.142 e. The molecule has 1 unspecified atom stereocenters. The van der Waals surface area contributed by atoms with Crippen molar-refractivity contribution in [2.45, 2.75) is 13.0 Å². The predicted molar refractivity (Wildman–Crippen MR) is 68.4 cm³/mol. The Labute approximate surface area is 105 Å². The largest absolute Gasteiger partial charge is 0.495 e. The van der Waals surface area contributed by atoms with Crippen LogP contribution in [0.15, 0.2) is 29.2 Å². The Bertz CT molecular complexity index is 459. The van der Waals surface area contributed by atoms with Crippen LogP contribution in [0.5, 0.6) is 5.75 Å². The normalized spacial score (nSPS) is 12.4. The Morgan fingerprint density at radius 1 is 1.47 bits per heavy atom. The number of hydrogen-bond acceptors (Lipinski definition) is 5. The molecule has 0 spiro atoms. The molecule has 2 rings (SSSR count). The van der Waals surface area contributed by atoms with Crippen molar-refractivity contribution in [1.29, 1.82) is 0 Å². The van der Waals surface area contributed by atoms with Gasteiger partial charge in [0, 0.05) is 11.6 Å². The molecule has 1 N–H and O–H groups in total. The molecule has 0 radical (unpaired) electrons. The molecule has 0 aliphatic rings. The molecule has 0 aliphatic heterocycles. The van der Waals surface area contributed by atoms with Gasteiger partial charge in [-0.15, -0.1) is 11.3 Å². The van der Waals surface area contributed by atoms with E-state index in [1.54, 1.807) is 24.6 Å². The molecule has 2 aromatic rings. The lowest BCUT2D eigenvalue weighted by Gasteiger charge is -2.17. The molecule has 17 heavy (non-hydrogen) atoms. The maximum absolute atomic E-state index is 5.34. The van der Waals surface area contributed by atoms with E-state index in [0.717, 1.165) is 23.7 Å². The predicted octanol–water partition coefficient (Wildman–Crippen LogP) is 2.25. The third-order valence-electron chi connectivity index (χ3n) is 2.45. The van der Waals surface area contributed by atoms with Crippen molar-refractivity contribution in [3.8, 4) is 5.75 Å². The molecule has 0 saturated carbocycles. The summed E-state index contributed by atoms with van der Waals surface area (Å²) in [5, 5.41) is 5.41. The van der Waals surface area contributed by atoms with E-state index in [4.69, 9.17) is 4.74 Å². The molecular formula is C12H15N3OS. The van der Waals surface area contributed by atoms with Gasteiger partial charge in [0.1, 0.15) is 11.4 Å². The molecule has 4 nitrogen and oxygen atoms in total. The highest BCUT2D eigenvalue weighted by Crippen LogP contribution is 2.27. The van der Waals surface area contributed by atoms with Crippen LogP contribution in [0.2, 0.25) is 0 Å². The van der Waals surface area contributed by atoms with E-state index in [2.05, 4.69) is 22.2 Å². The molecule has 5 heteroatoms. The molecule has 2 heterocycles. The molecule has 2 aromatic heterocycles. The third kappa shape index (κ3) is 2.62. The van der Waals surface area contributed by atoms with E-state index < -0.39 is 0 Å². The summed E-state index contributed by atoms with van der Waals surface area (Å²) in [6, 6.07) is 3.77. The first-order valence-electron chi connectivity index (χ1n) is 5.47. The number of nitrogens with zero attached hydrogens (tertiary/aromatic N) is 2. The highest BCUT2D eigenvalue weighted by Gasteiger charge is 2.19. The van der Waals surface area contributed by atoms with Gasteiger partial charge < -0.3 is 10.1 Å². The van der Waals surface area contributed by atoms with Crippen LogP contribution in [0.4, 0.5) is 0 Å². The van der Waals surface area contributed by atoms with Gasteiger partial charge in [-0.05, 0) is 18.7 Å². The number of rotatable bonds is 5. The number of ether oxygens (including phenoxy) is 1. The molecule has 1 atom stereocenters. The summed E-state index contributed by atoms with van der Waals surface area (Å²) in [5.74, 6) is 0.784. The number of thiazole rings is 1. The fraction of sp³-hybridized carbons (Fsp3) is 0.333. The van der Waals surface area contributed by atoms with Gasteiger partial charge in [0.2, 0.25) is 0 Å². The van der Waals surface area contributed by atoms with Gasteiger partial charge in [-0.25, -0.2) is 4.98 Å². The van der Waals surface area contributed by atoms with E-state index in [-0.39, 0.29) is 6.04 Å². The number of methoxy groups -OCH3 is 1. The average Bonchev–Trinajstić information content (AvgIpc) is 2.89. The van der Waals surface area contributed by atoms with Crippen molar-refractivity contribution in [2.24, 2.45) is 0 Å². The molecule has 0 fully saturated rings. The van der Waals surface area contributed by atoms with Crippen molar-refractivity contribution < 1.29 is 4.74 Å². The Morgan fingerprint density at radius 2 is 2.35 bits per heavy atom. The molecular weight excluding hydrogens is 234 g/mol. The van der Waals surface area contributed by atoms with Crippen molar-refractivity contribution in [3.63, 3.8) is 0 Å². The Hall–Kier alpha value is -1.46. The van der Waals surface area contributed by atoms with Gasteiger partial charge in [0.25, 0.3) is 0 Å². The monoisotopic (exact) mass is 249 g/mol. The summed E-state index contributed by atoms with van der Waals surface area (Å²) in [5.41, 5.74) is 3.69. The summed E-state index contributed by atoms with van der Waals surface area (Å²) in [6.07, 6.45) is 1.77. The second-order valence-corrected chi connectivity index (χ2v) is 4.21. The van der Waals surface area contributed by atoms with Crippen molar-refractivity contribution >= 4 is 11.3 Å². The summed E-state index contributed by atoms with van der Waals surface area (Å²) in [6.45, 7) is 2.91. The van der Waals surface area contributed by atoms with Gasteiger partial charge >= 0.3 is 0 Å². The second kappa shape index (κ2) is 5.75. The standard InChI is InChI=1S/C12H15N3OS/c1-3-13-11(9-7-17-8-15-9)12-10(16-2)5-4-6-14-12/h4-8,11,13H,3H2,1-2H3. The van der Waals surface area contributed by atoms with Gasteiger partial charge in [-0.1, -0.05) is 6.92 Å². The van der Waals surface area contributed by atoms with Crippen LogP contribution in [0, 0.1) is 0 Å². The minimum Gasteiger partial charge on any atom is -0.495 e. The Morgan fingerprint density at radius 3 is 3.00 bits per heavy atom. The van der Waals surface area contributed by atoms with Gasteiger partial charge in [-0.3, -0.25) is 4.98 Å². The van der Waals surface area contributed by atoms with Crippen molar-refractivity contribution in [3.05, 3.63) is 40.6 Å². The lowest BCUT2D eigenvalue weighted by atomic mass is 10.1. The number of nitrogens with one attached hydrogen (secondary N) is 1. The summed E-state index contributed by atoms with van der Waals surface area (Å²) < 4.78 is 5.34. The molecule has 0 aromatic carbocycles. The quantitative estimate of drug-likeness (QED) is 0.883. The van der Waals surface area contributed by atoms with E-state index >= 15 is 0 Å². The number of aromatic nitrogens is 2. The first kappa shape index (κ1) is 12.0. The van der Waals surface area contributed by atoms with E-state index in [0.29, 0.717) is 0 Å². The highest BCUT2D eigenvalue weighted by atomic mass is 32.1. The van der Waals surface area contributed by atoms with E-state index in [1.807, 2.05) is 23.0 Å². The van der Waals surface area contributed by atoms with E-state index in [9.17, 15) is 0 Å². The third-order valence-corrected chi connectivity index (χ3v) is 3.05. The average molecular weight is 249 g/mol. The summed E-state index contributed by atoms with van der Waals surface area (Å²) >= 11 is 1.58. The smallest absolute Gasteiger partial charge is 0.142 e. The molecule has 0 aliphatic carbocycles. The zero-order chi connectivity index (χ0) is 12.1. The van der Waals surface area contributed by atoms with E-state index in [1.165, 1.54) is 0 Å². The minimum atomic E-state index is -0.0117. The van der Waals surface area contributed by atoms with Crippen LogP contribution in [0.25, 0.3) is 0 Å². The molecule has 0 bridgehead atoms. The first-order valence-corrected chi connectivity index (χ1v) is 6.41. The fourth-order valence-electron chi connectivity index (χ4n) is 1.70. The highest BCUT2D eigenvalue weighted by molar-refractivity contribution is 7.07. The maximum atomic E-state index is 5.34. The Kier molecular flexibility index (Phi) is 4.06. The van der Waals surface area contributed by atoms with Crippen LogP contribution < -0.4 is 10.1 Å². The zero-order valence-corrected chi connectivity index (χ0v) is 10.7. The van der Waals surface area contributed by atoms with Crippen LogP contribution in [-0.4, -0.2) is 23.6 Å². The van der Waals surface area contributed by atoms with Gasteiger partial charge in [0.05, 0.1) is 24.4 Å². The van der Waals surface area contributed by atoms with Crippen LogP contribution >= 0.6 is 11.3 Å². The fourth-order valence-corrected chi connectivity index (χ4v) is 2.28. The second-order valence-electron chi connectivity index (χ2n) is 3.49. The zero-order valence-electron chi connectivity index (χ0n) is 9.88. The molecule has 0 amide bonds. The van der Waals surface area contributed by atoms with Crippen LogP contribution in [0.1, 0.15) is 24.4 Å². The molecule has 0 saturated heterocycles. The van der Waals surface area contributed by atoms with Crippen molar-refractivity contribution in [1.82, 2.24) is 15.3 Å². The number of hydrogen-bond donors (Lipinski definition) is 1. The Balaban J connectivity index is 2.39. The van der Waals surface area contributed by atoms with Gasteiger partial charge in [0.15, 0.2) is 0 Å².